The molecule has 1 saturated heterocycles. The Bertz CT molecular complexity index is 433. The molecule has 92 valence electrons. The standard InChI is InChI=1S/C13H16BrNO2/c1-9(16)12-5-4-10(7-13(12)14)15-6-2-3-11(17)8-15/h4-5,7,11,17H,2-3,6,8H2,1H3. The van der Waals surface area contributed by atoms with Crippen LogP contribution in [0.15, 0.2) is 22.7 Å². The summed E-state index contributed by atoms with van der Waals surface area (Å²) in [6, 6.07) is 5.73. The van der Waals surface area contributed by atoms with Gasteiger partial charge in [-0.15, -0.1) is 0 Å². The summed E-state index contributed by atoms with van der Waals surface area (Å²) >= 11 is 3.42. The number of aliphatic hydroxyl groups excluding tert-OH is 1. The van der Waals surface area contributed by atoms with Crippen molar-refractivity contribution >= 4 is 27.4 Å². The van der Waals surface area contributed by atoms with Crippen LogP contribution >= 0.6 is 15.9 Å². The third-order valence-corrected chi connectivity index (χ3v) is 3.75. The normalized spacial score (nSPS) is 20.4. The SMILES string of the molecule is CC(=O)c1ccc(N2CCCC(O)C2)cc1Br. The van der Waals surface area contributed by atoms with Gasteiger partial charge in [-0.25, -0.2) is 0 Å². The summed E-state index contributed by atoms with van der Waals surface area (Å²) in [4.78, 5) is 13.5. The molecule has 0 spiro atoms. The molecule has 1 fully saturated rings. The van der Waals surface area contributed by atoms with E-state index in [1.165, 1.54) is 0 Å². The molecule has 0 aliphatic carbocycles. The van der Waals surface area contributed by atoms with Crippen molar-refractivity contribution in [3.8, 4) is 0 Å². The fourth-order valence-electron chi connectivity index (χ4n) is 2.18. The van der Waals surface area contributed by atoms with E-state index in [4.69, 9.17) is 0 Å². The van der Waals surface area contributed by atoms with Crippen LogP contribution in [0.1, 0.15) is 30.1 Å². The first kappa shape index (κ1) is 12.6. The van der Waals surface area contributed by atoms with Gasteiger partial charge in [-0.3, -0.25) is 4.79 Å². The molecule has 1 N–H and O–H groups in total. The number of Topliss-reactive ketones (excluding diaryl/α,β-unsaturated/α-hetero) is 1. The van der Waals surface area contributed by atoms with Crippen molar-refractivity contribution in [1.29, 1.82) is 0 Å². The topological polar surface area (TPSA) is 40.5 Å². The van der Waals surface area contributed by atoms with Gasteiger partial charge < -0.3 is 10.0 Å². The first-order valence-corrected chi connectivity index (χ1v) is 6.60. The fraction of sp³-hybridized carbons (Fsp3) is 0.462. The van der Waals surface area contributed by atoms with E-state index in [1.807, 2.05) is 18.2 Å². The van der Waals surface area contributed by atoms with Crippen LogP contribution in [-0.2, 0) is 0 Å². The molecule has 0 bridgehead atoms. The molecule has 4 heteroatoms. The molecule has 1 aromatic carbocycles. The smallest absolute Gasteiger partial charge is 0.160 e. The van der Waals surface area contributed by atoms with Gasteiger partial charge in [-0.1, -0.05) is 0 Å². The van der Waals surface area contributed by atoms with E-state index in [0.29, 0.717) is 12.1 Å². The Morgan fingerprint density at radius 1 is 1.53 bits per heavy atom. The van der Waals surface area contributed by atoms with E-state index in [1.54, 1.807) is 6.92 Å². The Balaban J connectivity index is 2.22. The predicted octanol–water partition coefficient (Wildman–Crippen LogP) is 2.61. The fourth-order valence-corrected chi connectivity index (χ4v) is 2.82. The highest BCUT2D eigenvalue weighted by Gasteiger charge is 2.18. The summed E-state index contributed by atoms with van der Waals surface area (Å²) in [5.41, 5.74) is 1.76. The molecule has 1 atom stereocenters. The van der Waals surface area contributed by atoms with Gasteiger partial charge in [-0.2, -0.15) is 0 Å². The Kier molecular flexibility index (Phi) is 3.84. The Labute approximate surface area is 110 Å². The number of hydrogen-bond acceptors (Lipinski definition) is 3. The van der Waals surface area contributed by atoms with E-state index >= 15 is 0 Å². The van der Waals surface area contributed by atoms with Gasteiger partial charge in [0.25, 0.3) is 0 Å². The number of hydrogen-bond donors (Lipinski definition) is 1. The number of piperidine rings is 1. The number of carbonyl (C=O) groups excluding carboxylic acids is 1. The third kappa shape index (κ3) is 2.87. The maximum absolute atomic E-state index is 11.3. The van der Waals surface area contributed by atoms with Crippen molar-refractivity contribution in [3.05, 3.63) is 28.2 Å². The number of anilines is 1. The van der Waals surface area contributed by atoms with Crippen molar-refractivity contribution in [1.82, 2.24) is 0 Å². The number of carbonyl (C=O) groups is 1. The molecule has 1 aliphatic rings. The lowest BCUT2D eigenvalue weighted by Crippen LogP contribution is -2.38. The monoisotopic (exact) mass is 297 g/mol. The molecule has 1 aliphatic heterocycles. The van der Waals surface area contributed by atoms with Gasteiger partial charge in [0, 0.05) is 28.8 Å². The molecule has 3 nitrogen and oxygen atoms in total. The molecule has 17 heavy (non-hydrogen) atoms. The average molecular weight is 298 g/mol. The van der Waals surface area contributed by atoms with E-state index in [9.17, 15) is 9.90 Å². The van der Waals surface area contributed by atoms with Crippen molar-refractivity contribution < 1.29 is 9.90 Å². The van der Waals surface area contributed by atoms with Gasteiger partial charge in [0.2, 0.25) is 0 Å². The highest BCUT2D eigenvalue weighted by Crippen LogP contribution is 2.26. The Hall–Kier alpha value is -0.870. The lowest BCUT2D eigenvalue weighted by atomic mass is 10.1. The summed E-state index contributed by atoms with van der Waals surface area (Å²) in [6.07, 6.45) is 1.64. The number of ketones is 1. The summed E-state index contributed by atoms with van der Waals surface area (Å²) < 4.78 is 0.822. The molecule has 1 aromatic rings. The average Bonchev–Trinajstić information content (AvgIpc) is 2.28. The molecule has 1 heterocycles. The minimum Gasteiger partial charge on any atom is -0.391 e. The van der Waals surface area contributed by atoms with E-state index < -0.39 is 0 Å². The maximum Gasteiger partial charge on any atom is 0.160 e. The van der Waals surface area contributed by atoms with Crippen molar-refractivity contribution in [2.75, 3.05) is 18.0 Å². The van der Waals surface area contributed by atoms with Crippen LogP contribution in [0.5, 0.6) is 0 Å². The highest BCUT2D eigenvalue weighted by atomic mass is 79.9. The van der Waals surface area contributed by atoms with Gasteiger partial charge >= 0.3 is 0 Å². The molecule has 0 amide bonds. The molecule has 0 radical (unpaired) electrons. The predicted molar refractivity (Wildman–Crippen MR) is 71.6 cm³/mol. The van der Waals surface area contributed by atoms with Crippen LogP contribution in [0.25, 0.3) is 0 Å². The van der Waals surface area contributed by atoms with E-state index in [-0.39, 0.29) is 11.9 Å². The van der Waals surface area contributed by atoms with E-state index in [2.05, 4.69) is 20.8 Å². The van der Waals surface area contributed by atoms with Crippen molar-refractivity contribution in [2.24, 2.45) is 0 Å². The molecule has 0 aromatic heterocycles. The molecular formula is C13H16BrNO2. The number of halogens is 1. The minimum atomic E-state index is -0.241. The first-order chi connectivity index (χ1) is 8.08. The van der Waals surface area contributed by atoms with Gasteiger partial charge in [0.05, 0.1) is 6.10 Å². The number of rotatable bonds is 2. The Morgan fingerprint density at radius 2 is 2.29 bits per heavy atom. The number of aliphatic hydroxyl groups is 1. The van der Waals surface area contributed by atoms with Crippen LogP contribution < -0.4 is 4.90 Å². The summed E-state index contributed by atoms with van der Waals surface area (Å²) in [5, 5.41) is 9.65. The van der Waals surface area contributed by atoms with Crippen molar-refractivity contribution in [3.63, 3.8) is 0 Å². The summed E-state index contributed by atoms with van der Waals surface area (Å²) in [6.45, 7) is 3.19. The first-order valence-electron chi connectivity index (χ1n) is 5.81. The number of benzene rings is 1. The van der Waals surface area contributed by atoms with Crippen LogP contribution in [0, 0.1) is 0 Å². The number of β-amino-alcohol motifs (C(OH)–C–C–N with tert-alkyl or cyclic N) is 1. The van der Waals surface area contributed by atoms with Crippen LogP contribution in [-0.4, -0.2) is 30.1 Å². The molecular weight excluding hydrogens is 282 g/mol. The quantitative estimate of drug-likeness (QED) is 0.853. The van der Waals surface area contributed by atoms with Gasteiger partial charge in [-0.05, 0) is 53.9 Å². The molecule has 1 unspecified atom stereocenters. The largest absolute Gasteiger partial charge is 0.391 e. The Morgan fingerprint density at radius 3 is 2.88 bits per heavy atom. The van der Waals surface area contributed by atoms with Gasteiger partial charge in [0.1, 0.15) is 0 Å². The minimum absolute atomic E-state index is 0.0575. The van der Waals surface area contributed by atoms with E-state index in [0.717, 1.165) is 29.5 Å². The number of nitrogens with zero attached hydrogens (tertiary/aromatic N) is 1. The summed E-state index contributed by atoms with van der Waals surface area (Å²) in [7, 11) is 0. The zero-order valence-corrected chi connectivity index (χ0v) is 11.4. The second-order valence-corrected chi connectivity index (χ2v) is 5.32. The summed E-state index contributed by atoms with van der Waals surface area (Å²) in [5.74, 6) is 0.0575. The van der Waals surface area contributed by atoms with Gasteiger partial charge in [0.15, 0.2) is 5.78 Å². The maximum atomic E-state index is 11.3. The second-order valence-electron chi connectivity index (χ2n) is 4.46. The molecule has 2 rings (SSSR count). The lowest BCUT2D eigenvalue weighted by molar-refractivity contribution is 0.101. The van der Waals surface area contributed by atoms with Crippen LogP contribution in [0.4, 0.5) is 5.69 Å². The van der Waals surface area contributed by atoms with Crippen LogP contribution in [0.2, 0.25) is 0 Å². The zero-order valence-electron chi connectivity index (χ0n) is 9.82. The van der Waals surface area contributed by atoms with Crippen molar-refractivity contribution in [2.45, 2.75) is 25.9 Å². The lowest BCUT2D eigenvalue weighted by Gasteiger charge is -2.32. The molecule has 0 saturated carbocycles. The highest BCUT2D eigenvalue weighted by molar-refractivity contribution is 9.10. The second kappa shape index (κ2) is 5.19. The van der Waals surface area contributed by atoms with Crippen LogP contribution in [0.3, 0.4) is 0 Å². The zero-order chi connectivity index (χ0) is 12.4. The third-order valence-electron chi connectivity index (χ3n) is 3.09.